The second-order valence-corrected chi connectivity index (χ2v) is 7.07. The van der Waals surface area contributed by atoms with Crippen LogP contribution in [0.15, 0.2) is 27.1 Å². The van der Waals surface area contributed by atoms with Gasteiger partial charge in [-0.25, -0.2) is 0 Å². The Morgan fingerprint density at radius 1 is 1.38 bits per heavy atom. The molecule has 1 aliphatic rings. The van der Waals surface area contributed by atoms with Crippen molar-refractivity contribution in [3.63, 3.8) is 0 Å². The van der Waals surface area contributed by atoms with Gasteiger partial charge in [0.1, 0.15) is 0 Å². The summed E-state index contributed by atoms with van der Waals surface area (Å²) in [4.78, 5) is 14.4. The summed E-state index contributed by atoms with van der Waals surface area (Å²) in [6.45, 7) is 1.49. The summed E-state index contributed by atoms with van der Waals surface area (Å²) in [7, 11) is 0. The Kier molecular flexibility index (Phi) is 6.67. The van der Waals surface area contributed by atoms with Crippen molar-refractivity contribution in [3.05, 3.63) is 27.1 Å². The van der Waals surface area contributed by atoms with E-state index in [-0.39, 0.29) is 12.5 Å². The lowest BCUT2D eigenvalue weighted by atomic mass is 10.00. The van der Waals surface area contributed by atoms with Crippen LogP contribution >= 0.6 is 31.9 Å². The molecule has 0 aromatic heterocycles. The predicted molar refractivity (Wildman–Crippen MR) is 91.4 cm³/mol. The van der Waals surface area contributed by atoms with Crippen LogP contribution in [-0.4, -0.2) is 41.7 Å². The Bertz CT molecular complexity index is 495. The fourth-order valence-corrected chi connectivity index (χ4v) is 3.86. The Morgan fingerprint density at radius 2 is 2.19 bits per heavy atom. The molecule has 6 heteroatoms. The van der Waals surface area contributed by atoms with E-state index in [2.05, 4.69) is 42.1 Å². The molecule has 4 nitrogen and oxygen atoms in total. The molecule has 1 heterocycles. The van der Waals surface area contributed by atoms with Crippen molar-refractivity contribution in [1.82, 2.24) is 4.90 Å². The third-order valence-corrected chi connectivity index (χ3v) is 4.91. The van der Waals surface area contributed by atoms with Crippen molar-refractivity contribution in [1.29, 1.82) is 0 Å². The highest BCUT2D eigenvalue weighted by Crippen LogP contribution is 2.26. The van der Waals surface area contributed by atoms with E-state index in [0.29, 0.717) is 12.6 Å². The van der Waals surface area contributed by atoms with Gasteiger partial charge in [-0.2, -0.15) is 0 Å². The van der Waals surface area contributed by atoms with Crippen molar-refractivity contribution < 1.29 is 9.90 Å². The van der Waals surface area contributed by atoms with Crippen LogP contribution in [-0.2, 0) is 4.79 Å². The highest BCUT2D eigenvalue weighted by atomic mass is 79.9. The molecular formula is C15H20Br2N2O2. The monoisotopic (exact) mass is 418 g/mol. The molecular weight excluding hydrogens is 400 g/mol. The van der Waals surface area contributed by atoms with Crippen molar-refractivity contribution in [2.24, 2.45) is 0 Å². The average Bonchev–Trinajstić information content (AvgIpc) is 2.44. The molecule has 2 N–H and O–H groups in total. The van der Waals surface area contributed by atoms with Gasteiger partial charge < -0.3 is 10.4 Å². The van der Waals surface area contributed by atoms with Crippen molar-refractivity contribution in [3.8, 4) is 0 Å². The molecule has 0 aliphatic carbocycles. The standard InChI is InChI=1S/C15H20Br2N2O2/c16-11-4-5-14(13(17)9-11)18-15(21)10-19-7-2-1-3-12(19)6-8-20/h4-5,9,12,20H,1-3,6-8,10H2,(H,18,21). The van der Waals surface area contributed by atoms with Crippen molar-refractivity contribution in [2.75, 3.05) is 25.0 Å². The number of halogens is 2. The van der Waals surface area contributed by atoms with Crippen LogP contribution in [0.5, 0.6) is 0 Å². The third-order valence-electron chi connectivity index (χ3n) is 3.76. The summed E-state index contributed by atoms with van der Waals surface area (Å²) in [5.41, 5.74) is 0.777. The number of amides is 1. The maximum absolute atomic E-state index is 12.2. The Morgan fingerprint density at radius 3 is 2.90 bits per heavy atom. The third kappa shape index (κ3) is 5.06. The van der Waals surface area contributed by atoms with E-state index in [1.807, 2.05) is 18.2 Å². The summed E-state index contributed by atoms with van der Waals surface area (Å²) in [6, 6.07) is 6.00. The predicted octanol–water partition coefficient (Wildman–Crippen LogP) is 3.39. The molecule has 1 aromatic rings. The minimum absolute atomic E-state index is 0.0112. The summed E-state index contributed by atoms with van der Waals surface area (Å²) in [5.74, 6) is -0.0112. The van der Waals surface area contributed by atoms with Crippen LogP contribution in [0.4, 0.5) is 5.69 Å². The van der Waals surface area contributed by atoms with Gasteiger partial charge in [-0.3, -0.25) is 9.69 Å². The number of aliphatic hydroxyl groups is 1. The van der Waals surface area contributed by atoms with Crippen molar-refractivity contribution in [2.45, 2.75) is 31.7 Å². The van der Waals surface area contributed by atoms with E-state index in [1.54, 1.807) is 0 Å². The van der Waals surface area contributed by atoms with Gasteiger partial charge in [0.05, 0.1) is 12.2 Å². The molecule has 1 fully saturated rings. The molecule has 1 amide bonds. The molecule has 116 valence electrons. The van der Waals surface area contributed by atoms with E-state index in [4.69, 9.17) is 5.11 Å². The molecule has 2 rings (SSSR count). The zero-order chi connectivity index (χ0) is 15.2. The maximum Gasteiger partial charge on any atom is 0.238 e. The highest BCUT2D eigenvalue weighted by Gasteiger charge is 2.23. The Balaban J connectivity index is 1.93. The molecule has 1 aromatic carbocycles. The molecule has 1 unspecified atom stereocenters. The first kappa shape index (κ1) is 16.9. The molecule has 0 saturated carbocycles. The number of nitrogens with zero attached hydrogens (tertiary/aromatic N) is 1. The number of benzene rings is 1. The largest absolute Gasteiger partial charge is 0.396 e. The summed E-state index contributed by atoms with van der Waals surface area (Å²) >= 11 is 6.84. The number of piperidine rings is 1. The average molecular weight is 420 g/mol. The molecule has 0 spiro atoms. The van der Waals surface area contributed by atoms with E-state index in [1.165, 1.54) is 6.42 Å². The molecule has 0 bridgehead atoms. The molecule has 1 aliphatic heterocycles. The molecule has 21 heavy (non-hydrogen) atoms. The minimum atomic E-state index is -0.0112. The zero-order valence-corrected chi connectivity index (χ0v) is 15.0. The van der Waals surface area contributed by atoms with Gasteiger partial charge in [0.15, 0.2) is 0 Å². The minimum Gasteiger partial charge on any atom is -0.396 e. The Labute approximate surface area is 142 Å². The lowest BCUT2D eigenvalue weighted by molar-refractivity contribution is -0.118. The lowest BCUT2D eigenvalue weighted by Gasteiger charge is -2.34. The zero-order valence-electron chi connectivity index (χ0n) is 11.8. The topological polar surface area (TPSA) is 52.6 Å². The summed E-state index contributed by atoms with van der Waals surface area (Å²) in [5, 5.41) is 12.1. The van der Waals surface area contributed by atoms with Crippen molar-refractivity contribution >= 4 is 43.5 Å². The highest BCUT2D eigenvalue weighted by molar-refractivity contribution is 9.11. The fraction of sp³-hybridized carbons (Fsp3) is 0.533. The summed E-state index contributed by atoms with van der Waals surface area (Å²) < 4.78 is 1.82. The van der Waals surface area contributed by atoms with Gasteiger partial charge in [0, 0.05) is 21.6 Å². The van der Waals surface area contributed by atoms with Gasteiger partial charge in [-0.15, -0.1) is 0 Å². The first-order valence-electron chi connectivity index (χ1n) is 7.20. The molecule has 0 radical (unpaired) electrons. The smallest absolute Gasteiger partial charge is 0.238 e. The summed E-state index contributed by atoms with van der Waals surface area (Å²) in [6.07, 6.45) is 4.11. The lowest BCUT2D eigenvalue weighted by Crippen LogP contribution is -2.44. The first-order chi connectivity index (χ1) is 10.1. The van der Waals surface area contributed by atoms with Gasteiger partial charge >= 0.3 is 0 Å². The number of aliphatic hydroxyl groups excluding tert-OH is 1. The van der Waals surface area contributed by atoms with E-state index < -0.39 is 0 Å². The maximum atomic E-state index is 12.2. The van der Waals surface area contributed by atoms with Gasteiger partial charge in [-0.1, -0.05) is 22.4 Å². The second-order valence-electron chi connectivity index (χ2n) is 5.30. The number of carbonyl (C=O) groups excluding carboxylic acids is 1. The van der Waals surface area contributed by atoms with Crippen LogP contribution in [0.25, 0.3) is 0 Å². The second kappa shape index (κ2) is 8.27. The molecule has 1 atom stereocenters. The quantitative estimate of drug-likeness (QED) is 0.768. The van der Waals surface area contributed by atoms with E-state index in [9.17, 15) is 4.79 Å². The number of anilines is 1. The number of nitrogens with one attached hydrogen (secondary N) is 1. The number of likely N-dealkylation sites (tertiary alicyclic amines) is 1. The number of carbonyl (C=O) groups is 1. The van der Waals surface area contributed by atoms with E-state index >= 15 is 0 Å². The van der Waals surface area contributed by atoms with Crippen LogP contribution in [0.2, 0.25) is 0 Å². The number of hydrogen-bond donors (Lipinski definition) is 2. The van der Waals surface area contributed by atoms with E-state index in [0.717, 1.165) is 40.4 Å². The fourth-order valence-electron chi connectivity index (χ4n) is 2.71. The van der Waals surface area contributed by atoms with Gasteiger partial charge in [0.2, 0.25) is 5.91 Å². The van der Waals surface area contributed by atoms with Crippen LogP contribution in [0.1, 0.15) is 25.7 Å². The Hall–Kier alpha value is -0.430. The normalized spacial score (nSPS) is 19.5. The number of rotatable bonds is 5. The van der Waals surface area contributed by atoms with Gasteiger partial charge in [-0.05, 0) is 59.9 Å². The van der Waals surface area contributed by atoms with Crippen LogP contribution < -0.4 is 5.32 Å². The first-order valence-corrected chi connectivity index (χ1v) is 8.78. The SMILES string of the molecule is O=C(CN1CCCCC1CCO)Nc1ccc(Br)cc1Br. The van der Waals surface area contributed by atoms with Crippen LogP contribution in [0, 0.1) is 0 Å². The van der Waals surface area contributed by atoms with Gasteiger partial charge in [0.25, 0.3) is 0 Å². The molecule has 1 saturated heterocycles. The number of hydrogen-bond acceptors (Lipinski definition) is 3. The van der Waals surface area contributed by atoms with Crippen LogP contribution in [0.3, 0.4) is 0 Å².